The molecule has 0 saturated carbocycles. The van der Waals surface area contributed by atoms with Gasteiger partial charge in [-0.3, -0.25) is 4.99 Å². The van der Waals surface area contributed by atoms with Crippen LogP contribution < -0.4 is 10.1 Å². The van der Waals surface area contributed by atoms with Crippen LogP contribution in [0.4, 0.5) is 0 Å². The van der Waals surface area contributed by atoms with Crippen molar-refractivity contribution in [2.24, 2.45) is 4.99 Å². The van der Waals surface area contributed by atoms with E-state index in [9.17, 15) is 5.11 Å². The highest BCUT2D eigenvalue weighted by molar-refractivity contribution is 5.79. The van der Waals surface area contributed by atoms with Crippen LogP contribution in [-0.4, -0.2) is 43.2 Å². The van der Waals surface area contributed by atoms with Crippen molar-refractivity contribution < 1.29 is 9.84 Å². The van der Waals surface area contributed by atoms with Crippen molar-refractivity contribution in [3.8, 4) is 5.75 Å². The smallest absolute Gasteiger partial charge is 0.194 e. The number of nitrogens with zero attached hydrogens (tertiary/aromatic N) is 2. The molecule has 0 spiro atoms. The average Bonchev–Trinajstić information content (AvgIpc) is 2.66. The number of hydrogen-bond donors (Lipinski definition) is 2. The van der Waals surface area contributed by atoms with E-state index < -0.39 is 6.10 Å². The van der Waals surface area contributed by atoms with Crippen LogP contribution in [-0.2, 0) is 6.54 Å². The van der Waals surface area contributed by atoms with E-state index in [2.05, 4.69) is 34.3 Å². The molecule has 0 radical (unpaired) electrons. The van der Waals surface area contributed by atoms with Crippen molar-refractivity contribution in [2.75, 3.05) is 27.2 Å². The first-order valence-electron chi connectivity index (χ1n) is 8.91. The molecule has 0 amide bonds. The number of aryl methyl sites for hydroxylation is 1. The number of aliphatic imine (C=N–C) groups is 1. The van der Waals surface area contributed by atoms with E-state index in [4.69, 9.17) is 4.74 Å². The van der Waals surface area contributed by atoms with Crippen LogP contribution in [0.1, 0.15) is 29.7 Å². The minimum absolute atomic E-state index is 0.298. The number of ether oxygens (including phenoxy) is 1. The molecule has 0 fully saturated rings. The Bertz CT molecular complexity index is 713. The maximum atomic E-state index is 10.4. The minimum atomic E-state index is -0.651. The standard InChI is InChI=1S/C21H29N3O2/c1-5-22-21(24(3)15-18-9-7-6-8-16(18)2)23-14-20(25)17-10-12-19(26-4)13-11-17/h6-13,20,25H,5,14-15H2,1-4H3,(H,22,23). The van der Waals surface area contributed by atoms with Crippen LogP contribution in [0.5, 0.6) is 5.75 Å². The molecule has 0 aromatic heterocycles. The van der Waals surface area contributed by atoms with Crippen molar-refractivity contribution in [1.82, 2.24) is 10.2 Å². The van der Waals surface area contributed by atoms with Gasteiger partial charge >= 0.3 is 0 Å². The molecule has 26 heavy (non-hydrogen) atoms. The quantitative estimate of drug-likeness (QED) is 0.592. The normalized spacial score (nSPS) is 12.6. The maximum Gasteiger partial charge on any atom is 0.194 e. The lowest BCUT2D eigenvalue weighted by molar-refractivity contribution is 0.186. The highest BCUT2D eigenvalue weighted by Crippen LogP contribution is 2.18. The van der Waals surface area contributed by atoms with E-state index in [1.54, 1.807) is 7.11 Å². The lowest BCUT2D eigenvalue weighted by Crippen LogP contribution is -2.38. The molecule has 0 aliphatic rings. The zero-order valence-electron chi connectivity index (χ0n) is 16.1. The fraction of sp³-hybridized carbons (Fsp3) is 0.381. The Kier molecular flexibility index (Phi) is 7.48. The van der Waals surface area contributed by atoms with Gasteiger partial charge in [0, 0.05) is 20.1 Å². The number of aliphatic hydroxyl groups is 1. The Labute approximate surface area is 156 Å². The van der Waals surface area contributed by atoms with E-state index in [-0.39, 0.29) is 0 Å². The zero-order valence-corrected chi connectivity index (χ0v) is 16.1. The van der Waals surface area contributed by atoms with Gasteiger partial charge in [-0.1, -0.05) is 36.4 Å². The van der Waals surface area contributed by atoms with Gasteiger partial charge in [0.25, 0.3) is 0 Å². The third-order valence-corrected chi connectivity index (χ3v) is 4.28. The number of aliphatic hydroxyl groups excluding tert-OH is 1. The topological polar surface area (TPSA) is 57.1 Å². The third kappa shape index (κ3) is 5.49. The lowest BCUT2D eigenvalue weighted by atomic mass is 10.1. The van der Waals surface area contributed by atoms with Crippen LogP contribution in [0.25, 0.3) is 0 Å². The van der Waals surface area contributed by atoms with Crippen molar-refractivity contribution in [1.29, 1.82) is 0 Å². The Balaban J connectivity index is 2.05. The monoisotopic (exact) mass is 355 g/mol. The molecular weight excluding hydrogens is 326 g/mol. The number of nitrogens with one attached hydrogen (secondary N) is 1. The Hall–Kier alpha value is -2.53. The fourth-order valence-corrected chi connectivity index (χ4v) is 2.69. The van der Waals surface area contributed by atoms with Crippen LogP contribution in [0, 0.1) is 6.92 Å². The molecule has 0 aliphatic carbocycles. The van der Waals surface area contributed by atoms with Crippen LogP contribution in [0.2, 0.25) is 0 Å². The van der Waals surface area contributed by atoms with Gasteiger partial charge in [0.2, 0.25) is 0 Å². The van der Waals surface area contributed by atoms with E-state index in [1.807, 2.05) is 50.4 Å². The summed E-state index contributed by atoms with van der Waals surface area (Å²) in [5, 5.41) is 13.7. The number of hydrogen-bond acceptors (Lipinski definition) is 3. The highest BCUT2D eigenvalue weighted by atomic mass is 16.5. The first-order chi connectivity index (χ1) is 12.5. The van der Waals surface area contributed by atoms with E-state index in [0.717, 1.165) is 30.4 Å². The summed E-state index contributed by atoms with van der Waals surface area (Å²) in [4.78, 5) is 6.68. The van der Waals surface area contributed by atoms with E-state index >= 15 is 0 Å². The molecule has 140 valence electrons. The predicted molar refractivity (Wildman–Crippen MR) is 107 cm³/mol. The van der Waals surface area contributed by atoms with Gasteiger partial charge < -0.3 is 20.1 Å². The molecule has 2 N–H and O–H groups in total. The van der Waals surface area contributed by atoms with E-state index in [1.165, 1.54) is 11.1 Å². The van der Waals surface area contributed by atoms with Gasteiger partial charge in [-0.2, -0.15) is 0 Å². The molecule has 2 aromatic carbocycles. The molecule has 5 heteroatoms. The van der Waals surface area contributed by atoms with Crippen molar-refractivity contribution in [2.45, 2.75) is 26.5 Å². The second kappa shape index (κ2) is 9.82. The van der Waals surface area contributed by atoms with Crippen molar-refractivity contribution >= 4 is 5.96 Å². The Morgan fingerprint density at radius 1 is 1.19 bits per heavy atom. The fourth-order valence-electron chi connectivity index (χ4n) is 2.69. The SMILES string of the molecule is CCNC(=NCC(O)c1ccc(OC)cc1)N(C)Cc1ccccc1C. The molecule has 1 atom stereocenters. The largest absolute Gasteiger partial charge is 0.497 e. The molecule has 2 rings (SSSR count). The van der Waals surface area contributed by atoms with Gasteiger partial charge in [-0.05, 0) is 42.7 Å². The van der Waals surface area contributed by atoms with Gasteiger partial charge in [0.05, 0.1) is 19.8 Å². The third-order valence-electron chi connectivity index (χ3n) is 4.28. The molecular formula is C21H29N3O2. The minimum Gasteiger partial charge on any atom is -0.497 e. The van der Waals surface area contributed by atoms with Crippen LogP contribution in [0.15, 0.2) is 53.5 Å². The van der Waals surface area contributed by atoms with Crippen molar-refractivity contribution in [3.05, 3.63) is 65.2 Å². The van der Waals surface area contributed by atoms with Gasteiger partial charge in [-0.15, -0.1) is 0 Å². The summed E-state index contributed by atoms with van der Waals surface area (Å²) in [5.41, 5.74) is 3.34. The second-order valence-corrected chi connectivity index (χ2v) is 6.27. The second-order valence-electron chi connectivity index (χ2n) is 6.27. The number of benzene rings is 2. The zero-order chi connectivity index (χ0) is 18.9. The molecule has 1 unspecified atom stereocenters. The number of rotatable bonds is 7. The summed E-state index contributed by atoms with van der Waals surface area (Å²) in [6.07, 6.45) is -0.651. The highest BCUT2D eigenvalue weighted by Gasteiger charge is 2.11. The average molecular weight is 355 g/mol. The summed E-state index contributed by atoms with van der Waals surface area (Å²) in [6, 6.07) is 15.8. The molecule has 0 saturated heterocycles. The first-order valence-corrected chi connectivity index (χ1v) is 8.91. The molecule has 0 heterocycles. The van der Waals surface area contributed by atoms with Crippen LogP contribution >= 0.6 is 0 Å². The summed E-state index contributed by atoms with van der Waals surface area (Å²) in [6.45, 7) is 5.98. The van der Waals surface area contributed by atoms with Crippen molar-refractivity contribution in [3.63, 3.8) is 0 Å². The first kappa shape index (κ1) is 19.8. The Morgan fingerprint density at radius 2 is 1.88 bits per heavy atom. The lowest BCUT2D eigenvalue weighted by Gasteiger charge is -2.23. The van der Waals surface area contributed by atoms with E-state index in [0.29, 0.717) is 6.54 Å². The summed E-state index contributed by atoms with van der Waals surface area (Å²) in [7, 11) is 3.64. The van der Waals surface area contributed by atoms with Gasteiger partial charge in [0.15, 0.2) is 5.96 Å². The summed E-state index contributed by atoms with van der Waals surface area (Å²) >= 11 is 0. The molecule has 5 nitrogen and oxygen atoms in total. The number of methoxy groups -OCH3 is 1. The van der Waals surface area contributed by atoms with Gasteiger partial charge in [-0.25, -0.2) is 0 Å². The summed E-state index contributed by atoms with van der Waals surface area (Å²) in [5.74, 6) is 1.55. The van der Waals surface area contributed by atoms with Gasteiger partial charge in [0.1, 0.15) is 5.75 Å². The van der Waals surface area contributed by atoms with Crippen LogP contribution in [0.3, 0.4) is 0 Å². The predicted octanol–water partition coefficient (Wildman–Crippen LogP) is 3.13. The number of guanidine groups is 1. The molecule has 0 aliphatic heterocycles. The molecule has 0 bridgehead atoms. The Morgan fingerprint density at radius 3 is 2.50 bits per heavy atom. The molecule has 2 aromatic rings. The maximum absolute atomic E-state index is 10.4. The summed E-state index contributed by atoms with van der Waals surface area (Å²) < 4.78 is 5.15.